The van der Waals surface area contributed by atoms with Gasteiger partial charge in [0.15, 0.2) is 0 Å². The Labute approximate surface area is 161 Å². The number of imidazole rings is 1. The number of hydrogen-bond donors (Lipinski definition) is 2. The molecule has 0 radical (unpaired) electrons. The van der Waals surface area contributed by atoms with Gasteiger partial charge in [-0.1, -0.05) is 24.3 Å². The fourth-order valence-electron chi connectivity index (χ4n) is 3.74. The van der Waals surface area contributed by atoms with Gasteiger partial charge in [-0.3, -0.25) is 9.36 Å². The molecule has 0 spiro atoms. The van der Waals surface area contributed by atoms with Crippen LogP contribution in [0.5, 0.6) is 0 Å². The van der Waals surface area contributed by atoms with Gasteiger partial charge < -0.3 is 20.5 Å². The van der Waals surface area contributed by atoms with Crippen LogP contribution in [0.4, 0.5) is 5.82 Å². The van der Waals surface area contributed by atoms with Crippen LogP contribution >= 0.6 is 0 Å². The Kier molecular flexibility index (Phi) is 5.72. The summed E-state index contributed by atoms with van der Waals surface area (Å²) in [7, 11) is 0. The predicted octanol–water partition coefficient (Wildman–Crippen LogP) is 2.18. The molecule has 2 atom stereocenters. The summed E-state index contributed by atoms with van der Waals surface area (Å²) in [5.74, 6) is -1.58. The highest BCUT2D eigenvalue weighted by Crippen LogP contribution is 2.34. The number of hydrogen-bond acceptors (Lipinski definition) is 5. The molecule has 1 aliphatic rings. The Bertz CT molecular complexity index is 907. The number of fused-ring (bicyclic) bond motifs is 1. The van der Waals surface area contributed by atoms with Crippen LogP contribution in [0.25, 0.3) is 0 Å². The number of carboxylic acid groups (broad SMARTS) is 1. The van der Waals surface area contributed by atoms with E-state index in [4.69, 9.17) is 0 Å². The van der Waals surface area contributed by atoms with Gasteiger partial charge in [0.1, 0.15) is 18.8 Å². The number of nitrogens with zero attached hydrogens (tertiary/aromatic N) is 3. The second-order valence-corrected chi connectivity index (χ2v) is 7.01. The molecule has 9 nitrogen and oxygen atoms in total. The Morgan fingerprint density at radius 2 is 2.18 bits per heavy atom. The quantitative estimate of drug-likeness (QED) is 0.554. The predicted molar refractivity (Wildman–Crippen MR) is 99.9 cm³/mol. The zero-order valence-electron chi connectivity index (χ0n) is 15.5. The molecule has 2 unspecified atom stereocenters. The third-order valence-electron chi connectivity index (χ3n) is 5.11. The molecule has 0 aliphatic heterocycles. The highest BCUT2D eigenvalue weighted by molar-refractivity contribution is 5.83. The van der Waals surface area contributed by atoms with Crippen LogP contribution in [0, 0.1) is 17.0 Å². The Balaban J connectivity index is 1.68. The second-order valence-electron chi connectivity index (χ2n) is 7.01. The molecule has 0 saturated heterocycles. The average Bonchev–Trinajstić information content (AvgIpc) is 3.02. The number of aryl methyl sites for hydroxylation is 2. The molecule has 2 N–H and O–H groups in total. The van der Waals surface area contributed by atoms with Crippen molar-refractivity contribution < 1.29 is 19.6 Å². The van der Waals surface area contributed by atoms with E-state index < -0.39 is 22.8 Å². The van der Waals surface area contributed by atoms with Crippen molar-refractivity contribution in [2.45, 2.75) is 51.1 Å². The van der Waals surface area contributed by atoms with E-state index in [9.17, 15) is 24.8 Å². The number of carbonyl (C=O) groups excluding carboxylic acids is 1. The average molecular weight is 386 g/mol. The summed E-state index contributed by atoms with van der Waals surface area (Å²) in [5, 5.41) is 22.9. The minimum atomic E-state index is -1.09. The van der Waals surface area contributed by atoms with E-state index in [-0.39, 0.29) is 18.3 Å². The third kappa shape index (κ3) is 4.36. The van der Waals surface area contributed by atoms with E-state index in [0.29, 0.717) is 12.2 Å². The van der Waals surface area contributed by atoms with E-state index in [1.165, 1.54) is 16.3 Å². The zero-order chi connectivity index (χ0) is 20.3. The highest BCUT2D eigenvalue weighted by Gasteiger charge is 2.28. The van der Waals surface area contributed by atoms with Gasteiger partial charge in [0, 0.05) is 6.92 Å². The first-order chi connectivity index (χ1) is 13.3. The number of benzene rings is 1. The smallest absolute Gasteiger partial charge is 0.381 e. The van der Waals surface area contributed by atoms with E-state index in [2.05, 4.69) is 16.4 Å². The third-order valence-corrected chi connectivity index (χ3v) is 5.11. The van der Waals surface area contributed by atoms with Crippen LogP contribution in [0.15, 0.2) is 30.5 Å². The van der Waals surface area contributed by atoms with Crippen LogP contribution < -0.4 is 5.32 Å². The molecule has 0 bridgehead atoms. The molecule has 1 heterocycles. The van der Waals surface area contributed by atoms with Gasteiger partial charge in [-0.2, -0.15) is 0 Å². The van der Waals surface area contributed by atoms with Crippen molar-refractivity contribution in [1.29, 1.82) is 0 Å². The number of rotatable bonds is 7. The molecule has 0 fully saturated rings. The maximum atomic E-state index is 12.4. The zero-order valence-corrected chi connectivity index (χ0v) is 15.5. The van der Waals surface area contributed by atoms with Crippen molar-refractivity contribution >= 4 is 17.7 Å². The standard InChI is InChI=1S/C19H22N4O5/c1-12-20-17(23(27)28)10-22(12)11-18(24)21-16(19(25)26)9-14-7-4-6-13-5-2-3-8-15(13)14/h2-3,5,8,10,14,16H,4,6-7,9,11H2,1H3,(H,21,24)(H,25,26). The molecule has 28 heavy (non-hydrogen) atoms. The number of amides is 1. The molecule has 148 valence electrons. The minimum absolute atomic E-state index is 0.0717. The molecule has 1 aromatic heterocycles. The van der Waals surface area contributed by atoms with Gasteiger partial charge in [0.25, 0.3) is 0 Å². The lowest BCUT2D eigenvalue weighted by atomic mass is 9.79. The molecule has 2 aromatic rings. The Morgan fingerprint density at radius 1 is 1.43 bits per heavy atom. The number of aliphatic carboxylic acids is 1. The van der Waals surface area contributed by atoms with E-state index >= 15 is 0 Å². The van der Waals surface area contributed by atoms with Gasteiger partial charge >= 0.3 is 11.8 Å². The lowest BCUT2D eigenvalue weighted by molar-refractivity contribution is -0.389. The monoisotopic (exact) mass is 386 g/mol. The van der Waals surface area contributed by atoms with E-state index in [1.807, 2.05) is 18.2 Å². The number of nitrogens with one attached hydrogen (secondary N) is 1. The normalized spacial score (nSPS) is 16.8. The molecule has 9 heteroatoms. The fourth-order valence-corrected chi connectivity index (χ4v) is 3.74. The minimum Gasteiger partial charge on any atom is -0.480 e. The van der Waals surface area contributed by atoms with Crippen LogP contribution in [0.1, 0.15) is 42.1 Å². The fraction of sp³-hybridized carbons (Fsp3) is 0.421. The van der Waals surface area contributed by atoms with Crippen LogP contribution in [0.2, 0.25) is 0 Å². The van der Waals surface area contributed by atoms with Gasteiger partial charge in [-0.15, -0.1) is 0 Å². The summed E-state index contributed by atoms with van der Waals surface area (Å²) in [6, 6.07) is 6.98. The second kappa shape index (κ2) is 8.20. The maximum Gasteiger partial charge on any atom is 0.381 e. The van der Waals surface area contributed by atoms with Gasteiger partial charge in [-0.05, 0) is 52.6 Å². The first-order valence-corrected chi connectivity index (χ1v) is 9.13. The lowest BCUT2D eigenvalue weighted by Crippen LogP contribution is -2.43. The summed E-state index contributed by atoms with van der Waals surface area (Å²) in [4.78, 5) is 38.0. The molecule has 1 amide bonds. The largest absolute Gasteiger partial charge is 0.480 e. The lowest BCUT2D eigenvalue weighted by Gasteiger charge is -2.28. The summed E-state index contributed by atoms with van der Waals surface area (Å²) in [6.45, 7) is 1.33. The molecule has 0 saturated carbocycles. The SMILES string of the molecule is Cc1nc([N+](=O)[O-])cn1CC(=O)NC(CC1CCCc2ccccc21)C(=O)O. The van der Waals surface area contributed by atoms with Crippen molar-refractivity contribution in [2.24, 2.45) is 0 Å². The first-order valence-electron chi connectivity index (χ1n) is 9.13. The Morgan fingerprint density at radius 3 is 2.86 bits per heavy atom. The van der Waals surface area contributed by atoms with Gasteiger partial charge in [0.05, 0.1) is 0 Å². The molecule has 1 aromatic carbocycles. The maximum absolute atomic E-state index is 12.4. The number of carbonyl (C=O) groups is 2. The van der Waals surface area contributed by atoms with Crippen LogP contribution in [0.3, 0.4) is 0 Å². The number of carboxylic acids is 1. The molecule has 3 rings (SSSR count). The summed E-state index contributed by atoms with van der Waals surface area (Å²) < 4.78 is 1.34. The van der Waals surface area contributed by atoms with Gasteiger partial charge in [-0.25, -0.2) is 4.79 Å². The topological polar surface area (TPSA) is 127 Å². The number of aromatic nitrogens is 2. The van der Waals surface area contributed by atoms with Crippen molar-refractivity contribution in [3.8, 4) is 0 Å². The summed E-state index contributed by atoms with van der Waals surface area (Å²) >= 11 is 0. The van der Waals surface area contributed by atoms with Crippen molar-refractivity contribution in [3.05, 3.63) is 57.5 Å². The summed E-state index contributed by atoms with van der Waals surface area (Å²) in [6.07, 6.45) is 4.32. The van der Waals surface area contributed by atoms with Crippen LogP contribution in [-0.4, -0.2) is 37.5 Å². The van der Waals surface area contributed by atoms with Crippen molar-refractivity contribution in [1.82, 2.24) is 14.9 Å². The van der Waals surface area contributed by atoms with Crippen molar-refractivity contribution in [3.63, 3.8) is 0 Å². The molecular weight excluding hydrogens is 364 g/mol. The first kappa shape index (κ1) is 19.5. The van der Waals surface area contributed by atoms with E-state index in [1.54, 1.807) is 6.92 Å². The van der Waals surface area contributed by atoms with E-state index in [0.717, 1.165) is 24.8 Å². The number of nitro groups is 1. The van der Waals surface area contributed by atoms with Gasteiger partial charge in [0.2, 0.25) is 11.7 Å². The highest BCUT2D eigenvalue weighted by atomic mass is 16.6. The molecule has 1 aliphatic carbocycles. The Hall–Kier alpha value is -3.23. The van der Waals surface area contributed by atoms with Crippen molar-refractivity contribution in [2.75, 3.05) is 0 Å². The van der Waals surface area contributed by atoms with Crippen LogP contribution in [-0.2, 0) is 22.6 Å². The summed E-state index contributed by atoms with van der Waals surface area (Å²) in [5.41, 5.74) is 2.38. The molecular formula is C19H22N4O5.